The Bertz CT molecular complexity index is 958. The van der Waals surface area contributed by atoms with Crippen LogP contribution in [0, 0.1) is 10.1 Å². The summed E-state index contributed by atoms with van der Waals surface area (Å²) in [6, 6.07) is 9.77. The molecule has 0 amide bonds. The van der Waals surface area contributed by atoms with Gasteiger partial charge in [-0.2, -0.15) is 0 Å². The van der Waals surface area contributed by atoms with Crippen molar-refractivity contribution in [1.82, 2.24) is 0 Å². The Hall–Kier alpha value is -3.82. The first kappa shape index (κ1) is 32.4. The number of benzene rings is 2. The van der Waals surface area contributed by atoms with E-state index < -0.39 is 4.92 Å². The van der Waals surface area contributed by atoms with E-state index in [-0.39, 0.29) is 26.2 Å². The molecule has 0 saturated heterocycles. The number of hydrogen-bond donors (Lipinski definition) is 5. The molecule has 190 valence electrons. The summed E-state index contributed by atoms with van der Waals surface area (Å²) >= 11 is 0. The summed E-state index contributed by atoms with van der Waals surface area (Å²) in [5.74, 6) is 0.830. The normalized spacial score (nSPS) is 10.9. The summed E-state index contributed by atoms with van der Waals surface area (Å²) in [4.78, 5) is 18.6. The van der Waals surface area contributed by atoms with Gasteiger partial charge in [0.05, 0.1) is 16.3 Å². The molecule has 0 heterocycles. The quantitative estimate of drug-likeness (QED) is 0.0889. The predicted molar refractivity (Wildman–Crippen MR) is 147 cm³/mol. The van der Waals surface area contributed by atoms with E-state index in [0.717, 1.165) is 37.8 Å². The van der Waals surface area contributed by atoms with Crippen molar-refractivity contribution < 1.29 is 4.92 Å². The second-order valence-corrected chi connectivity index (χ2v) is 7.12. The fourth-order valence-electron chi connectivity index (χ4n) is 2.49. The number of rotatable bonds is 9. The molecule has 0 radical (unpaired) electrons. The summed E-state index contributed by atoms with van der Waals surface area (Å²) in [7, 11) is 0. The number of anilines is 3. The smallest absolute Gasteiger partial charge is 0.292 e. The number of nitrogens with two attached hydrogens (primary N) is 5. The lowest BCUT2D eigenvalue weighted by Crippen LogP contribution is -2.14. The molecule has 0 spiro atoms. The Morgan fingerprint density at radius 1 is 0.794 bits per heavy atom. The minimum Gasteiger partial charge on any atom is -0.397 e. The van der Waals surface area contributed by atoms with E-state index in [0.29, 0.717) is 35.2 Å². The van der Waals surface area contributed by atoms with E-state index in [4.69, 9.17) is 28.7 Å². The highest BCUT2D eigenvalue weighted by atomic mass is 16.6. The zero-order valence-electron chi connectivity index (χ0n) is 18.8. The Labute approximate surface area is 203 Å². The average Bonchev–Trinajstić information content (AvgIpc) is 2.76. The molecule has 0 aliphatic heterocycles. The molecular formula is C24H42N8O2. The van der Waals surface area contributed by atoms with Crippen molar-refractivity contribution in [3.8, 4) is 0 Å². The predicted octanol–water partition coefficient (Wildman–Crippen LogP) is 4.31. The molecule has 0 unspecified atom stereocenters. The maximum Gasteiger partial charge on any atom is 0.292 e. The first-order chi connectivity index (χ1) is 15.2. The van der Waals surface area contributed by atoms with E-state index >= 15 is 0 Å². The van der Waals surface area contributed by atoms with Crippen LogP contribution in [-0.4, -0.2) is 29.7 Å². The average molecular weight is 475 g/mol. The van der Waals surface area contributed by atoms with Crippen LogP contribution in [0.4, 0.5) is 22.7 Å². The fourth-order valence-corrected chi connectivity index (χ4v) is 2.49. The number of nitrogen functional groups attached to an aromatic ring is 3. The number of nitro groups is 1. The van der Waals surface area contributed by atoms with E-state index in [1.807, 2.05) is 6.07 Å². The Balaban J connectivity index is 0. The van der Waals surface area contributed by atoms with Crippen molar-refractivity contribution in [3.05, 3.63) is 57.6 Å². The van der Waals surface area contributed by atoms with Crippen LogP contribution in [0.15, 0.2) is 46.4 Å². The fraction of sp³-hybridized carbons (Fsp3) is 0.417. The van der Waals surface area contributed by atoms with Crippen molar-refractivity contribution in [2.24, 2.45) is 21.5 Å². The number of nitrogens with zero attached hydrogens (tertiary/aromatic N) is 3. The van der Waals surface area contributed by atoms with Crippen LogP contribution in [-0.2, 0) is 0 Å². The van der Waals surface area contributed by atoms with E-state index in [9.17, 15) is 10.1 Å². The maximum absolute atomic E-state index is 10.7. The lowest BCUT2D eigenvalue weighted by atomic mass is 10.1. The van der Waals surface area contributed by atoms with Gasteiger partial charge < -0.3 is 28.7 Å². The zero-order chi connectivity index (χ0) is 24.1. The van der Waals surface area contributed by atoms with Gasteiger partial charge >= 0.3 is 0 Å². The van der Waals surface area contributed by atoms with Crippen molar-refractivity contribution in [2.45, 2.75) is 54.4 Å². The number of aliphatic imine (C=N–C) groups is 2. The van der Waals surface area contributed by atoms with Crippen LogP contribution < -0.4 is 28.7 Å². The summed E-state index contributed by atoms with van der Waals surface area (Å²) in [5, 5.41) is 10.7. The summed E-state index contributed by atoms with van der Waals surface area (Å²) in [5.41, 5.74) is 30.8. The molecule has 0 aromatic heterocycles. The zero-order valence-corrected chi connectivity index (χ0v) is 18.8. The van der Waals surface area contributed by atoms with Gasteiger partial charge in [-0.05, 0) is 43.2 Å². The SMILES string of the molecule is C.C.CCCCN=C(N)c1ccc(N)c(N)c1.CCCCN=C(N)c1ccc(N)c([N+](=O)[O-])c1. The van der Waals surface area contributed by atoms with Gasteiger partial charge in [-0.25, -0.2) is 0 Å². The third-order valence-corrected chi connectivity index (χ3v) is 4.49. The Morgan fingerprint density at radius 3 is 1.65 bits per heavy atom. The van der Waals surface area contributed by atoms with E-state index in [1.54, 1.807) is 18.2 Å². The van der Waals surface area contributed by atoms with Gasteiger partial charge in [0, 0.05) is 30.3 Å². The molecule has 2 aromatic carbocycles. The van der Waals surface area contributed by atoms with Crippen molar-refractivity contribution in [2.75, 3.05) is 30.3 Å². The maximum atomic E-state index is 10.7. The van der Waals surface area contributed by atoms with Crippen LogP contribution in [0.5, 0.6) is 0 Å². The minimum atomic E-state index is -0.530. The monoisotopic (exact) mass is 474 g/mol. The molecule has 0 bridgehead atoms. The van der Waals surface area contributed by atoms with E-state index in [1.165, 1.54) is 12.1 Å². The molecule has 10 heteroatoms. The first-order valence-electron chi connectivity index (χ1n) is 10.5. The molecule has 34 heavy (non-hydrogen) atoms. The summed E-state index contributed by atoms with van der Waals surface area (Å²) in [6.07, 6.45) is 4.13. The number of hydrogen-bond acceptors (Lipinski definition) is 7. The molecule has 2 rings (SSSR count). The van der Waals surface area contributed by atoms with Gasteiger partial charge in [0.25, 0.3) is 5.69 Å². The summed E-state index contributed by atoms with van der Waals surface area (Å²) < 4.78 is 0. The van der Waals surface area contributed by atoms with Gasteiger partial charge in [0.15, 0.2) is 0 Å². The van der Waals surface area contributed by atoms with Gasteiger partial charge in [-0.1, -0.05) is 41.5 Å². The van der Waals surface area contributed by atoms with Gasteiger partial charge in [0.1, 0.15) is 17.4 Å². The van der Waals surface area contributed by atoms with Gasteiger partial charge in [-0.15, -0.1) is 0 Å². The molecular weight excluding hydrogens is 432 g/mol. The molecule has 0 fully saturated rings. The molecule has 0 aliphatic carbocycles. The van der Waals surface area contributed by atoms with Crippen LogP contribution in [0.3, 0.4) is 0 Å². The second-order valence-electron chi connectivity index (χ2n) is 7.12. The van der Waals surface area contributed by atoms with E-state index in [2.05, 4.69) is 23.8 Å². The molecule has 0 atom stereocenters. The third-order valence-electron chi connectivity index (χ3n) is 4.49. The summed E-state index contributed by atoms with van der Waals surface area (Å²) in [6.45, 7) is 5.56. The van der Waals surface area contributed by atoms with Crippen molar-refractivity contribution >= 4 is 34.4 Å². The lowest BCUT2D eigenvalue weighted by Gasteiger charge is -2.04. The molecule has 2 aromatic rings. The second kappa shape index (κ2) is 16.8. The molecule has 10 nitrogen and oxygen atoms in total. The van der Waals surface area contributed by atoms with Crippen molar-refractivity contribution in [1.29, 1.82) is 0 Å². The van der Waals surface area contributed by atoms with Crippen LogP contribution in [0.1, 0.15) is 65.5 Å². The standard InChI is InChI=1S/C11H16N4O2.C11H18N4.2CH4/c1-2-3-6-14-11(13)8-4-5-9(12)10(7-8)15(16)17;1-2-3-6-15-11(14)8-4-5-9(12)10(13)7-8;;/h4-5,7H,2-3,6,12H2,1H3,(H2,13,14);4-5,7H,2-3,6,12-13H2,1H3,(H2,14,15);2*1H4. The van der Waals surface area contributed by atoms with Crippen LogP contribution in [0.25, 0.3) is 0 Å². The van der Waals surface area contributed by atoms with Crippen LogP contribution in [0.2, 0.25) is 0 Å². The Kier molecular flexibility index (Phi) is 16.0. The highest BCUT2D eigenvalue weighted by Crippen LogP contribution is 2.22. The van der Waals surface area contributed by atoms with Crippen LogP contribution >= 0.6 is 0 Å². The topological polar surface area (TPSA) is 198 Å². The number of unbranched alkanes of at least 4 members (excludes halogenated alkanes) is 2. The molecule has 10 N–H and O–H groups in total. The number of nitro benzene ring substituents is 1. The highest BCUT2D eigenvalue weighted by Gasteiger charge is 2.13. The minimum absolute atomic E-state index is 0. The van der Waals surface area contributed by atoms with Crippen molar-refractivity contribution in [3.63, 3.8) is 0 Å². The molecule has 0 aliphatic rings. The van der Waals surface area contributed by atoms with Gasteiger partial charge in [-0.3, -0.25) is 20.1 Å². The first-order valence-corrected chi connectivity index (χ1v) is 10.5. The largest absolute Gasteiger partial charge is 0.397 e. The third kappa shape index (κ3) is 10.7. The Morgan fingerprint density at radius 2 is 1.24 bits per heavy atom. The highest BCUT2D eigenvalue weighted by molar-refractivity contribution is 5.99. The molecule has 0 saturated carbocycles. The number of amidine groups is 2. The van der Waals surface area contributed by atoms with Gasteiger partial charge in [0.2, 0.25) is 0 Å². The lowest BCUT2D eigenvalue weighted by molar-refractivity contribution is -0.383.